The van der Waals surface area contributed by atoms with E-state index in [-0.39, 0.29) is 0 Å². The molecular weight excluding hydrogens is 348 g/mol. The first-order valence-electron chi connectivity index (χ1n) is 8.97. The zero-order chi connectivity index (χ0) is 19.8. The van der Waals surface area contributed by atoms with E-state index in [4.69, 9.17) is 4.74 Å². The molecule has 3 aromatic rings. The number of nitrogens with zero attached hydrogens (tertiary/aromatic N) is 1. The highest BCUT2D eigenvalue weighted by atomic mass is 16.5. The minimum atomic E-state index is 0.524. The molecule has 0 spiro atoms. The average molecular weight is 372 g/mol. The summed E-state index contributed by atoms with van der Waals surface area (Å²) in [5, 5.41) is 9.37. The second kappa shape index (κ2) is 9.28. The number of ether oxygens (including phenoxy) is 1. The summed E-state index contributed by atoms with van der Waals surface area (Å²) in [6.07, 6.45) is 1.76. The lowest BCUT2D eigenvalue weighted by atomic mass is 10.2. The van der Waals surface area contributed by atoms with E-state index in [0.29, 0.717) is 18.1 Å². The van der Waals surface area contributed by atoms with Crippen LogP contribution in [0.2, 0.25) is 0 Å². The summed E-state index contributed by atoms with van der Waals surface area (Å²) in [6.45, 7) is 8.59. The zero-order valence-electron chi connectivity index (χ0n) is 15.9. The molecule has 0 aliphatic rings. The first-order valence-corrected chi connectivity index (χ1v) is 8.97. The van der Waals surface area contributed by atoms with Crippen molar-refractivity contribution in [3.05, 3.63) is 103 Å². The van der Waals surface area contributed by atoms with Crippen LogP contribution in [0.4, 0.5) is 11.5 Å². The summed E-state index contributed by atoms with van der Waals surface area (Å²) >= 11 is 0. The number of rotatable bonds is 9. The normalized spacial score (nSPS) is 10.0. The number of anilines is 2. The van der Waals surface area contributed by atoms with Crippen molar-refractivity contribution < 1.29 is 4.74 Å². The molecule has 0 amide bonds. The van der Waals surface area contributed by atoms with Gasteiger partial charge in [0, 0.05) is 36.3 Å². The molecule has 1 aromatic heterocycles. The summed E-state index contributed by atoms with van der Waals surface area (Å²) < 4.78 is 5.86. The molecule has 0 unspecified atom stereocenters. The maximum atomic E-state index is 5.86. The van der Waals surface area contributed by atoms with E-state index in [2.05, 4.69) is 34.1 Å². The van der Waals surface area contributed by atoms with Gasteiger partial charge in [-0.25, -0.2) is 4.98 Å². The molecule has 2 aromatic carbocycles. The number of hydrogen-bond donors (Lipinski definition) is 3. The predicted octanol–water partition coefficient (Wildman–Crippen LogP) is 4.85. The van der Waals surface area contributed by atoms with Crippen molar-refractivity contribution in [1.29, 1.82) is 0 Å². The monoisotopic (exact) mass is 372 g/mol. The van der Waals surface area contributed by atoms with E-state index in [1.165, 1.54) is 0 Å². The fourth-order valence-electron chi connectivity index (χ4n) is 2.58. The number of aromatic nitrogens is 1. The highest BCUT2D eigenvalue weighted by molar-refractivity contribution is 5.64. The Morgan fingerprint density at radius 2 is 1.82 bits per heavy atom. The van der Waals surface area contributed by atoms with Crippen LogP contribution < -0.4 is 20.7 Å². The molecule has 3 N–H and O–H groups in total. The Labute approximate surface area is 165 Å². The molecule has 5 nitrogen and oxygen atoms in total. The Morgan fingerprint density at radius 3 is 2.54 bits per heavy atom. The Bertz CT molecular complexity index is 936. The SMILES string of the molecule is C=C(NC(=C)c1ccc(NC)nc1)Nc1cccc(OCc2ccccc2)c1. The van der Waals surface area contributed by atoms with E-state index < -0.39 is 0 Å². The summed E-state index contributed by atoms with van der Waals surface area (Å²) in [7, 11) is 1.83. The molecule has 0 atom stereocenters. The molecular formula is C23H24N4O. The van der Waals surface area contributed by atoms with Gasteiger partial charge in [-0.1, -0.05) is 49.6 Å². The molecule has 0 bridgehead atoms. The molecule has 3 rings (SSSR count). The molecule has 0 radical (unpaired) electrons. The van der Waals surface area contributed by atoms with Crippen LogP contribution in [0.3, 0.4) is 0 Å². The molecule has 142 valence electrons. The van der Waals surface area contributed by atoms with Crippen molar-refractivity contribution in [2.24, 2.45) is 0 Å². The van der Waals surface area contributed by atoms with Crippen molar-refractivity contribution in [3.8, 4) is 5.75 Å². The summed E-state index contributed by atoms with van der Waals surface area (Å²) in [5.74, 6) is 2.20. The van der Waals surface area contributed by atoms with Gasteiger partial charge in [0.1, 0.15) is 24.0 Å². The first-order chi connectivity index (χ1) is 13.6. The second-order valence-corrected chi connectivity index (χ2v) is 6.19. The highest BCUT2D eigenvalue weighted by Crippen LogP contribution is 2.20. The molecule has 28 heavy (non-hydrogen) atoms. The van der Waals surface area contributed by atoms with E-state index in [0.717, 1.165) is 28.4 Å². The second-order valence-electron chi connectivity index (χ2n) is 6.19. The molecule has 0 aliphatic heterocycles. The Balaban J connectivity index is 1.55. The van der Waals surface area contributed by atoms with Crippen molar-refractivity contribution >= 4 is 17.2 Å². The van der Waals surface area contributed by atoms with Crippen LogP contribution >= 0.6 is 0 Å². The van der Waals surface area contributed by atoms with Gasteiger partial charge in [-0.05, 0) is 29.8 Å². The maximum absolute atomic E-state index is 5.86. The van der Waals surface area contributed by atoms with Crippen LogP contribution in [0.25, 0.3) is 5.70 Å². The Hall–Kier alpha value is -3.73. The predicted molar refractivity (Wildman–Crippen MR) is 116 cm³/mol. The summed E-state index contributed by atoms with van der Waals surface area (Å²) in [4.78, 5) is 4.29. The lowest BCUT2D eigenvalue weighted by molar-refractivity contribution is 0.306. The molecule has 1 heterocycles. The molecule has 0 saturated carbocycles. The molecule has 0 fully saturated rings. The number of hydrogen-bond acceptors (Lipinski definition) is 5. The third-order valence-electron chi connectivity index (χ3n) is 4.05. The van der Waals surface area contributed by atoms with Gasteiger partial charge in [0.05, 0.1) is 0 Å². The fourth-order valence-corrected chi connectivity index (χ4v) is 2.58. The Kier molecular flexibility index (Phi) is 6.31. The molecule has 0 saturated heterocycles. The fraction of sp³-hybridized carbons (Fsp3) is 0.0870. The van der Waals surface area contributed by atoms with Crippen LogP contribution in [0, 0.1) is 0 Å². The van der Waals surface area contributed by atoms with Crippen LogP contribution in [-0.4, -0.2) is 12.0 Å². The minimum Gasteiger partial charge on any atom is -0.489 e. The smallest absolute Gasteiger partial charge is 0.125 e. The topological polar surface area (TPSA) is 58.2 Å². The Morgan fingerprint density at radius 1 is 1.00 bits per heavy atom. The van der Waals surface area contributed by atoms with E-state index in [1.54, 1.807) is 6.20 Å². The largest absolute Gasteiger partial charge is 0.489 e. The van der Waals surface area contributed by atoms with Crippen molar-refractivity contribution in [2.75, 3.05) is 17.7 Å². The maximum Gasteiger partial charge on any atom is 0.125 e. The van der Waals surface area contributed by atoms with Crippen molar-refractivity contribution in [3.63, 3.8) is 0 Å². The summed E-state index contributed by atoms with van der Waals surface area (Å²) in [6, 6.07) is 21.7. The van der Waals surface area contributed by atoms with E-state index >= 15 is 0 Å². The standard InChI is InChI=1S/C23H24N4O/c1-17(20-12-13-23(24-3)25-15-20)26-18(2)27-21-10-7-11-22(14-21)28-16-19-8-5-4-6-9-19/h4-15,26-27H,1-2,16H2,3H3,(H,24,25). The molecule has 0 aliphatic carbocycles. The van der Waals surface area contributed by atoms with Crippen LogP contribution in [-0.2, 0) is 6.61 Å². The van der Waals surface area contributed by atoms with Crippen LogP contribution in [0.5, 0.6) is 5.75 Å². The quantitative estimate of drug-likeness (QED) is 0.501. The van der Waals surface area contributed by atoms with Gasteiger partial charge in [-0.15, -0.1) is 0 Å². The van der Waals surface area contributed by atoms with Gasteiger partial charge in [0.15, 0.2) is 0 Å². The number of benzene rings is 2. The third-order valence-corrected chi connectivity index (χ3v) is 4.05. The van der Waals surface area contributed by atoms with Crippen LogP contribution in [0.15, 0.2) is 91.9 Å². The van der Waals surface area contributed by atoms with Gasteiger partial charge in [0.25, 0.3) is 0 Å². The first kappa shape index (κ1) is 19.0. The average Bonchev–Trinajstić information content (AvgIpc) is 2.73. The highest BCUT2D eigenvalue weighted by Gasteiger charge is 2.03. The lowest BCUT2D eigenvalue weighted by Gasteiger charge is -2.15. The van der Waals surface area contributed by atoms with Gasteiger partial charge in [-0.3, -0.25) is 0 Å². The van der Waals surface area contributed by atoms with E-state index in [1.807, 2.05) is 73.8 Å². The van der Waals surface area contributed by atoms with Gasteiger partial charge >= 0.3 is 0 Å². The lowest BCUT2D eigenvalue weighted by Crippen LogP contribution is -2.16. The van der Waals surface area contributed by atoms with Crippen molar-refractivity contribution in [1.82, 2.24) is 10.3 Å². The number of nitrogens with one attached hydrogen (secondary N) is 3. The number of pyridine rings is 1. The van der Waals surface area contributed by atoms with Gasteiger partial charge in [0.2, 0.25) is 0 Å². The summed E-state index contributed by atoms with van der Waals surface area (Å²) in [5.41, 5.74) is 3.60. The van der Waals surface area contributed by atoms with E-state index in [9.17, 15) is 0 Å². The van der Waals surface area contributed by atoms with Gasteiger partial charge in [-0.2, -0.15) is 0 Å². The van der Waals surface area contributed by atoms with Crippen molar-refractivity contribution in [2.45, 2.75) is 6.61 Å². The van der Waals surface area contributed by atoms with Gasteiger partial charge < -0.3 is 20.7 Å². The minimum absolute atomic E-state index is 0.524. The molecule has 5 heteroatoms. The van der Waals surface area contributed by atoms with Crippen LogP contribution in [0.1, 0.15) is 11.1 Å². The third kappa shape index (κ3) is 5.38. The zero-order valence-corrected chi connectivity index (χ0v) is 15.9.